The van der Waals surface area contributed by atoms with E-state index in [-0.39, 0.29) is 40.7 Å². The van der Waals surface area contributed by atoms with E-state index in [1.807, 2.05) is 0 Å². The minimum absolute atomic E-state index is 0. The van der Waals surface area contributed by atoms with Gasteiger partial charge in [-0.1, -0.05) is 28.7 Å². The minimum atomic E-state index is 0. The van der Waals surface area contributed by atoms with Crippen LogP contribution in [0.4, 0.5) is 0 Å². The van der Waals surface area contributed by atoms with E-state index in [1.54, 1.807) is 6.92 Å². The molecule has 0 aliphatic carbocycles. The van der Waals surface area contributed by atoms with Crippen LogP contribution in [0.5, 0.6) is 0 Å². The van der Waals surface area contributed by atoms with Crippen molar-refractivity contribution in [2.75, 3.05) is 0 Å². The molecule has 0 saturated heterocycles. The van der Waals surface area contributed by atoms with Crippen LogP contribution in [0, 0.1) is 6.92 Å². The Balaban J connectivity index is -0.00000000167. The molecule has 0 heterocycles. The van der Waals surface area contributed by atoms with Crippen LogP contribution in [-0.2, 0) is 0 Å². The zero-order valence-electron chi connectivity index (χ0n) is 2.28. The van der Waals surface area contributed by atoms with Crippen LogP contribution in [0.2, 0.25) is 0 Å². The maximum atomic E-state index is 3.25. The molecule has 0 aromatic rings. The molecule has 0 nitrogen and oxygen atoms in total. The van der Waals surface area contributed by atoms with Crippen molar-refractivity contribution in [1.29, 1.82) is 0 Å². The fourth-order valence-corrected chi connectivity index (χ4v) is 0. The Morgan fingerprint density at radius 1 is 1.00 bits per heavy atom. The standard InChI is InChI=1S/C2H5.2CH4.In/c1-2;;;/h1H2,2H3;2*1H4;. The monoisotopic (exact) mass is 176 g/mol. The van der Waals surface area contributed by atoms with Gasteiger partial charge in [0.15, 0.2) is 0 Å². The molecule has 5 heavy (non-hydrogen) atoms. The Morgan fingerprint density at radius 3 is 1.00 bits per heavy atom. The summed E-state index contributed by atoms with van der Waals surface area (Å²) in [5, 5.41) is 0. The van der Waals surface area contributed by atoms with Crippen LogP contribution in [0.15, 0.2) is 0 Å². The first kappa shape index (κ1) is 39.8. The maximum Gasteiger partial charge on any atom is 0 e. The Kier molecular flexibility index (Phi) is 767. The largest absolute Gasteiger partial charge is 0.0776 e. The molecule has 0 N–H and O–H groups in total. The van der Waals surface area contributed by atoms with Crippen LogP contribution < -0.4 is 0 Å². The van der Waals surface area contributed by atoms with Gasteiger partial charge >= 0.3 is 0 Å². The van der Waals surface area contributed by atoms with Gasteiger partial charge in [0.05, 0.1) is 0 Å². The number of hydrogen-bond donors (Lipinski definition) is 0. The molecular weight excluding hydrogens is 163 g/mol. The molecule has 0 atom stereocenters. The van der Waals surface area contributed by atoms with Gasteiger partial charge in [-0.15, -0.1) is 0 Å². The van der Waals surface area contributed by atoms with Crippen LogP contribution in [0.1, 0.15) is 21.8 Å². The van der Waals surface area contributed by atoms with Gasteiger partial charge in [0.25, 0.3) is 0 Å². The fraction of sp³-hybridized carbons (Fsp3) is 0.750. The van der Waals surface area contributed by atoms with Crippen molar-refractivity contribution in [2.45, 2.75) is 21.8 Å². The summed E-state index contributed by atoms with van der Waals surface area (Å²) in [6.45, 7) is 5.00. The molecule has 0 unspecified atom stereocenters. The van der Waals surface area contributed by atoms with Gasteiger partial charge in [0.2, 0.25) is 0 Å². The third kappa shape index (κ3) is 53.0. The van der Waals surface area contributed by atoms with Crippen molar-refractivity contribution in [2.24, 2.45) is 0 Å². The summed E-state index contributed by atoms with van der Waals surface area (Å²) < 4.78 is 0. The summed E-state index contributed by atoms with van der Waals surface area (Å²) in [6, 6.07) is 0. The van der Waals surface area contributed by atoms with Crippen molar-refractivity contribution in [3.05, 3.63) is 6.92 Å². The van der Waals surface area contributed by atoms with Crippen LogP contribution in [-0.4, -0.2) is 25.8 Å². The van der Waals surface area contributed by atoms with Crippen molar-refractivity contribution >= 4 is 25.8 Å². The number of hydrogen-bond acceptors (Lipinski definition) is 0. The van der Waals surface area contributed by atoms with Gasteiger partial charge in [0.1, 0.15) is 0 Å². The zero-order chi connectivity index (χ0) is 2.00. The van der Waals surface area contributed by atoms with E-state index in [9.17, 15) is 0 Å². The minimum Gasteiger partial charge on any atom is -0.0776 e. The van der Waals surface area contributed by atoms with Crippen LogP contribution >= 0.6 is 0 Å². The summed E-state index contributed by atoms with van der Waals surface area (Å²) in [5.74, 6) is 0. The Labute approximate surface area is 54.8 Å². The molecule has 0 aliphatic rings. The first-order valence-electron chi connectivity index (χ1n) is 0.707. The van der Waals surface area contributed by atoms with Gasteiger partial charge < -0.3 is 0 Å². The summed E-state index contributed by atoms with van der Waals surface area (Å²) in [7, 11) is 0. The second kappa shape index (κ2) is 96.3. The molecule has 0 saturated carbocycles. The van der Waals surface area contributed by atoms with Crippen molar-refractivity contribution in [3.8, 4) is 0 Å². The summed E-state index contributed by atoms with van der Waals surface area (Å²) in [5.41, 5.74) is 0. The molecule has 0 bridgehead atoms. The SMILES string of the molecule is C.C.[CH2]C.[In]. The molecule has 0 aromatic carbocycles. The molecule has 4 radical (unpaired) electrons. The molecule has 0 fully saturated rings. The zero-order valence-corrected chi connectivity index (χ0v) is 5.58. The average molecular weight is 176 g/mol. The quantitative estimate of drug-likeness (QED) is 0.527. The topological polar surface area (TPSA) is 0 Å². The molecule has 0 spiro atoms. The van der Waals surface area contributed by atoms with Gasteiger partial charge in [-0.2, -0.15) is 0 Å². The average Bonchev–Trinajstić information content (AvgIpc) is 1.00. The van der Waals surface area contributed by atoms with Gasteiger partial charge in [-0.25, -0.2) is 0 Å². The summed E-state index contributed by atoms with van der Waals surface area (Å²) >= 11 is 0. The molecule has 32 valence electrons. The third-order valence-electron chi connectivity index (χ3n) is 0. The Morgan fingerprint density at radius 2 is 1.00 bits per heavy atom. The van der Waals surface area contributed by atoms with E-state index in [4.69, 9.17) is 0 Å². The first-order valence-corrected chi connectivity index (χ1v) is 0.707. The van der Waals surface area contributed by atoms with Crippen LogP contribution in [0.25, 0.3) is 0 Å². The maximum absolute atomic E-state index is 3.25. The van der Waals surface area contributed by atoms with Crippen LogP contribution in [0.3, 0.4) is 0 Å². The van der Waals surface area contributed by atoms with Gasteiger partial charge in [0, 0.05) is 25.8 Å². The predicted molar refractivity (Wildman–Crippen MR) is 30.2 cm³/mol. The van der Waals surface area contributed by atoms with Crippen molar-refractivity contribution in [3.63, 3.8) is 0 Å². The predicted octanol–water partition coefficient (Wildman–Crippen LogP) is 1.73. The molecule has 0 amide bonds. The Bertz CT molecular complexity index is 3.61. The molecular formula is C4H13In. The van der Waals surface area contributed by atoms with E-state index in [1.165, 1.54) is 0 Å². The van der Waals surface area contributed by atoms with E-state index < -0.39 is 0 Å². The summed E-state index contributed by atoms with van der Waals surface area (Å²) in [4.78, 5) is 0. The number of rotatable bonds is 0. The van der Waals surface area contributed by atoms with E-state index >= 15 is 0 Å². The molecule has 0 rings (SSSR count). The summed E-state index contributed by atoms with van der Waals surface area (Å²) in [6.07, 6.45) is 0. The van der Waals surface area contributed by atoms with E-state index in [0.29, 0.717) is 0 Å². The van der Waals surface area contributed by atoms with E-state index in [0.717, 1.165) is 0 Å². The van der Waals surface area contributed by atoms with Gasteiger partial charge in [-0.3, -0.25) is 0 Å². The third-order valence-corrected chi connectivity index (χ3v) is 0. The van der Waals surface area contributed by atoms with Crippen molar-refractivity contribution in [1.82, 2.24) is 0 Å². The second-order valence-electron chi connectivity index (χ2n) is 0. The molecule has 1 heteroatoms. The van der Waals surface area contributed by atoms with E-state index in [2.05, 4.69) is 6.92 Å². The fourth-order valence-electron chi connectivity index (χ4n) is 0. The second-order valence-corrected chi connectivity index (χ2v) is 0. The normalized spacial score (nSPS) is 1.20. The van der Waals surface area contributed by atoms with Crippen molar-refractivity contribution < 1.29 is 0 Å². The molecule has 0 aromatic heterocycles. The molecule has 0 aliphatic heterocycles. The Hall–Kier alpha value is 0.870. The first-order chi connectivity index (χ1) is 1.00. The smallest absolute Gasteiger partial charge is 0 e. The van der Waals surface area contributed by atoms with Gasteiger partial charge in [-0.05, 0) is 0 Å².